The highest BCUT2D eigenvalue weighted by molar-refractivity contribution is 5.00. The van der Waals surface area contributed by atoms with Crippen LogP contribution in [0.4, 0.5) is 0 Å². The maximum absolute atomic E-state index is 5.80. The van der Waals surface area contributed by atoms with Crippen molar-refractivity contribution in [3.8, 4) is 0 Å². The molecule has 1 saturated heterocycles. The standard InChI is InChI=1S/C14H26O2/c1-12(2)6-7-14(11-15-5)8-9-16-13(3,4)10-14/h6H,7-11H2,1-5H3. The molecular weight excluding hydrogens is 200 g/mol. The third-order valence-corrected chi connectivity index (χ3v) is 3.32. The molecule has 0 radical (unpaired) electrons. The van der Waals surface area contributed by atoms with Crippen molar-refractivity contribution in [1.29, 1.82) is 0 Å². The molecule has 1 heterocycles. The van der Waals surface area contributed by atoms with E-state index in [1.165, 1.54) is 5.57 Å². The first-order valence-corrected chi connectivity index (χ1v) is 6.15. The van der Waals surface area contributed by atoms with Crippen molar-refractivity contribution >= 4 is 0 Å². The second-order valence-electron chi connectivity index (χ2n) is 5.95. The molecule has 1 unspecified atom stereocenters. The van der Waals surface area contributed by atoms with E-state index in [-0.39, 0.29) is 11.0 Å². The molecule has 16 heavy (non-hydrogen) atoms. The Labute approximate surface area is 100 Å². The minimum atomic E-state index is -0.00767. The van der Waals surface area contributed by atoms with Crippen LogP contribution in [0.3, 0.4) is 0 Å². The fraction of sp³-hybridized carbons (Fsp3) is 0.857. The maximum Gasteiger partial charge on any atom is 0.0632 e. The number of hydrogen-bond acceptors (Lipinski definition) is 2. The predicted octanol–water partition coefficient (Wildman–Crippen LogP) is 3.56. The van der Waals surface area contributed by atoms with E-state index >= 15 is 0 Å². The number of allylic oxidation sites excluding steroid dienone is 2. The first kappa shape index (κ1) is 13.7. The molecule has 0 aromatic carbocycles. The summed E-state index contributed by atoms with van der Waals surface area (Å²) < 4.78 is 11.2. The summed E-state index contributed by atoms with van der Waals surface area (Å²) in [6, 6.07) is 0. The summed E-state index contributed by atoms with van der Waals surface area (Å²) in [6.07, 6.45) is 5.63. The predicted molar refractivity (Wildman–Crippen MR) is 67.6 cm³/mol. The molecule has 0 aromatic heterocycles. The van der Waals surface area contributed by atoms with Crippen molar-refractivity contribution < 1.29 is 9.47 Å². The number of methoxy groups -OCH3 is 1. The number of ether oxygens (including phenoxy) is 2. The van der Waals surface area contributed by atoms with Crippen LogP contribution < -0.4 is 0 Å². The summed E-state index contributed by atoms with van der Waals surface area (Å²) in [5.41, 5.74) is 1.65. The second kappa shape index (κ2) is 5.33. The Kier molecular flexibility index (Phi) is 4.57. The van der Waals surface area contributed by atoms with E-state index in [1.54, 1.807) is 7.11 Å². The monoisotopic (exact) mass is 226 g/mol. The fourth-order valence-electron chi connectivity index (χ4n) is 2.67. The Hall–Kier alpha value is -0.340. The van der Waals surface area contributed by atoms with Gasteiger partial charge in [-0.05, 0) is 47.0 Å². The van der Waals surface area contributed by atoms with Crippen LogP contribution in [0.15, 0.2) is 11.6 Å². The van der Waals surface area contributed by atoms with E-state index in [0.717, 1.165) is 32.5 Å². The van der Waals surface area contributed by atoms with Gasteiger partial charge in [-0.3, -0.25) is 0 Å². The number of hydrogen-bond donors (Lipinski definition) is 0. The molecule has 1 fully saturated rings. The molecule has 94 valence electrons. The zero-order valence-corrected chi connectivity index (χ0v) is 11.4. The van der Waals surface area contributed by atoms with Crippen LogP contribution in [0, 0.1) is 5.41 Å². The second-order valence-corrected chi connectivity index (χ2v) is 5.95. The lowest BCUT2D eigenvalue weighted by molar-refractivity contribution is -0.121. The van der Waals surface area contributed by atoms with Gasteiger partial charge in [-0.2, -0.15) is 0 Å². The van der Waals surface area contributed by atoms with Gasteiger partial charge in [0.25, 0.3) is 0 Å². The minimum absolute atomic E-state index is 0.00767. The largest absolute Gasteiger partial charge is 0.384 e. The molecule has 1 rings (SSSR count). The Balaban J connectivity index is 2.75. The van der Waals surface area contributed by atoms with Gasteiger partial charge in [0.05, 0.1) is 12.2 Å². The number of rotatable bonds is 4. The molecule has 2 nitrogen and oxygen atoms in total. The normalized spacial score (nSPS) is 28.8. The summed E-state index contributed by atoms with van der Waals surface area (Å²) in [4.78, 5) is 0. The van der Waals surface area contributed by atoms with Gasteiger partial charge in [0, 0.05) is 19.1 Å². The van der Waals surface area contributed by atoms with E-state index in [4.69, 9.17) is 9.47 Å². The Bertz CT molecular complexity index is 247. The third kappa shape index (κ3) is 3.91. The van der Waals surface area contributed by atoms with Gasteiger partial charge in [0.2, 0.25) is 0 Å². The van der Waals surface area contributed by atoms with Gasteiger partial charge in [-0.1, -0.05) is 11.6 Å². The van der Waals surface area contributed by atoms with Crippen molar-refractivity contribution in [2.45, 2.75) is 52.6 Å². The minimum Gasteiger partial charge on any atom is -0.384 e. The summed E-state index contributed by atoms with van der Waals surface area (Å²) in [6.45, 7) is 10.4. The van der Waals surface area contributed by atoms with Gasteiger partial charge in [-0.15, -0.1) is 0 Å². The average molecular weight is 226 g/mol. The van der Waals surface area contributed by atoms with Crippen LogP contribution in [-0.2, 0) is 9.47 Å². The van der Waals surface area contributed by atoms with Gasteiger partial charge in [0.1, 0.15) is 0 Å². The Morgan fingerprint density at radius 3 is 2.56 bits per heavy atom. The van der Waals surface area contributed by atoms with Crippen molar-refractivity contribution in [3.05, 3.63) is 11.6 Å². The maximum atomic E-state index is 5.80. The quantitative estimate of drug-likeness (QED) is 0.682. The average Bonchev–Trinajstić information content (AvgIpc) is 2.14. The Morgan fingerprint density at radius 2 is 2.06 bits per heavy atom. The molecule has 1 aliphatic heterocycles. The van der Waals surface area contributed by atoms with Gasteiger partial charge in [-0.25, -0.2) is 0 Å². The molecule has 1 aliphatic rings. The zero-order chi connectivity index (χ0) is 12.2. The lowest BCUT2D eigenvalue weighted by Gasteiger charge is -2.44. The zero-order valence-electron chi connectivity index (χ0n) is 11.4. The molecule has 1 atom stereocenters. The lowest BCUT2D eigenvalue weighted by Crippen LogP contribution is -2.43. The van der Waals surface area contributed by atoms with Crippen molar-refractivity contribution in [1.82, 2.24) is 0 Å². The highest BCUT2D eigenvalue weighted by Gasteiger charge is 2.40. The molecular formula is C14H26O2. The SMILES string of the molecule is COCC1(CC=C(C)C)CCOC(C)(C)C1. The highest BCUT2D eigenvalue weighted by atomic mass is 16.5. The van der Waals surface area contributed by atoms with E-state index in [2.05, 4.69) is 33.8 Å². The van der Waals surface area contributed by atoms with Crippen LogP contribution in [-0.4, -0.2) is 25.9 Å². The smallest absolute Gasteiger partial charge is 0.0632 e. The molecule has 0 amide bonds. The van der Waals surface area contributed by atoms with Crippen LogP contribution >= 0.6 is 0 Å². The van der Waals surface area contributed by atoms with Crippen molar-refractivity contribution in [2.75, 3.05) is 20.3 Å². The van der Waals surface area contributed by atoms with Crippen molar-refractivity contribution in [2.24, 2.45) is 5.41 Å². The van der Waals surface area contributed by atoms with E-state index < -0.39 is 0 Å². The molecule has 0 spiro atoms. The topological polar surface area (TPSA) is 18.5 Å². The molecule has 0 N–H and O–H groups in total. The fourth-order valence-corrected chi connectivity index (χ4v) is 2.67. The van der Waals surface area contributed by atoms with Gasteiger partial charge in [0.15, 0.2) is 0 Å². The van der Waals surface area contributed by atoms with E-state index in [9.17, 15) is 0 Å². The Morgan fingerprint density at radius 1 is 1.38 bits per heavy atom. The third-order valence-electron chi connectivity index (χ3n) is 3.32. The summed E-state index contributed by atoms with van der Waals surface area (Å²) in [7, 11) is 1.80. The van der Waals surface area contributed by atoms with Crippen LogP contribution in [0.2, 0.25) is 0 Å². The summed E-state index contributed by atoms with van der Waals surface area (Å²) in [5.74, 6) is 0. The van der Waals surface area contributed by atoms with Gasteiger partial charge >= 0.3 is 0 Å². The van der Waals surface area contributed by atoms with Gasteiger partial charge < -0.3 is 9.47 Å². The summed E-state index contributed by atoms with van der Waals surface area (Å²) in [5, 5.41) is 0. The van der Waals surface area contributed by atoms with Crippen LogP contribution in [0.25, 0.3) is 0 Å². The lowest BCUT2D eigenvalue weighted by atomic mass is 9.72. The van der Waals surface area contributed by atoms with E-state index in [0.29, 0.717) is 0 Å². The first-order valence-electron chi connectivity index (χ1n) is 6.15. The highest BCUT2D eigenvalue weighted by Crippen LogP contribution is 2.42. The van der Waals surface area contributed by atoms with Crippen LogP contribution in [0.5, 0.6) is 0 Å². The molecule has 0 bridgehead atoms. The van der Waals surface area contributed by atoms with Crippen LogP contribution in [0.1, 0.15) is 47.0 Å². The first-order chi connectivity index (χ1) is 7.39. The van der Waals surface area contributed by atoms with Crippen molar-refractivity contribution in [3.63, 3.8) is 0 Å². The van der Waals surface area contributed by atoms with E-state index in [1.807, 2.05) is 0 Å². The summed E-state index contributed by atoms with van der Waals surface area (Å²) >= 11 is 0. The molecule has 2 heteroatoms. The molecule has 0 aromatic rings. The molecule has 0 saturated carbocycles. The molecule has 0 aliphatic carbocycles.